The Kier molecular flexibility index (Phi) is 13.0. The van der Waals surface area contributed by atoms with Gasteiger partial charge in [0.1, 0.15) is 6.61 Å². The minimum absolute atomic E-state index is 0.0900. The first-order chi connectivity index (χ1) is 9.61. The molecule has 0 fully saturated rings. The monoisotopic (exact) mass is 285 g/mol. The molecule has 1 atom stereocenters. The summed E-state index contributed by atoms with van der Waals surface area (Å²) in [5, 5.41) is 0. The first-order valence-electron chi connectivity index (χ1n) is 8.43. The minimum Gasteiger partial charge on any atom is -0.464 e. The fraction of sp³-hybridized carbons (Fsp3) is 0.941. The van der Waals surface area contributed by atoms with Crippen molar-refractivity contribution in [3.8, 4) is 0 Å². The zero-order valence-corrected chi connectivity index (χ0v) is 14.1. The summed E-state index contributed by atoms with van der Waals surface area (Å²) >= 11 is 0. The molecular weight excluding hydrogens is 250 g/mol. The summed E-state index contributed by atoms with van der Waals surface area (Å²) in [4.78, 5) is 13.4. The fourth-order valence-electron chi connectivity index (χ4n) is 2.30. The number of carbonyl (C=O) groups excluding carboxylic acids is 1. The van der Waals surface area contributed by atoms with E-state index in [-0.39, 0.29) is 5.97 Å². The number of hydrogen-bond acceptors (Lipinski definition) is 3. The van der Waals surface area contributed by atoms with Gasteiger partial charge in [0, 0.05) is 12.5 Å². The second-order valence-corrected chi connectivity index (χ2v) is 5.92. The predicted octanol–water partition coefficient (Wildman–Crippen LogP) is 4.40. The van der Waals surface area contributed by atoms with Crippen molar-refractivity contribution in [1.82, 2.24) is 4.90 Å². The SMILES string of the molecule is CCCCCCCCCCC(COC(=O)CC)N(C)C. The number of likely N-dealkylation sites (N-methyl/N-ethyl adjacent to an activating group) is 1. The maximum Gasteiger partial charge on any atom is 0.305 e. The molecule has 120 valence electrons. The molecule has 20 heavy (non-hydrogen) atoms. The van der Waals surface area contributed by atoms with Gasteiger partial charge >= 0.3 is 5.97 Å². The van der Waals surface area contributed by atoms with Gasteiger partial charge in [-0.15, -0.1) is 0 Å². The van der Waals surface area contributed by atoms with E-state index in [9.17, 15) is 4.79 Å². The molecule has 0 rings (SSSR count). The number of rotatable bonds is 13. The molecule has 0 radical (unpaired) electrons. The average Bonchev–Trinajstić information content (AvgIpc) is 2.44. The van der Waals surface area contributed by atoms with Gasteiger partial charge in [0.05, 0.1) is 0 Å². The topological polar surface area (TPSA) is 29.5 Å². The molecule has 0 aliphatic carbocycles. The van der Waals surface area contributed by atoms with Crippen molar-refractivity contribution in [3.05, 3.63) is 0 Å². The van der Waals surface area contributed by atoms with Crippen LogP contribution in [0.1, 0.15) is 78.1 Å². The molecule has 0 aromatic carbocycles. The highest BCUT2D eigenvalue weighted by Gasteiger charge is 2.13. The normalized spacial score (nSPS) is 12.7. The molecule has 0 heterocycles. The molecule has 0 spiro atoms. The Morgan fingerprint density at radius 3 is 2.00 bits per heavy atom. The molecule has 3 heteroatoms. The zero-order chi connectivity index (χ0) is 15.2. The van der Waals surface area contributed by atoms with Crippen molar-refractivity contribution < 1.29 is 9.53 Å². The molecule has 0 saturated heterocycles. The molecule has 0 aromatic heterocycles. The lowest BCUT2D eigenvalue weighted by atomic mass is 10.0. The Morgan fingerprint density at radius 1 is 0.950 bits per heavy atom. The third-order valence-electron chi connectivity index (χ3n) is 3.85. The van der Waals surface area contributed by atoms with Crippen LogP contribution in [0.15, 0.2) is 0 Å². The summed E-state index contributed by atoms with van der Waals surface area (Å²) < 4.78 is 5.26. The number of unbranched alkanes of at least 4 members (excludes halogenated alkanes) is 7. The number of esters is 1. The van der Waals surface area contributed by atoms with Crippen LogP contribution >= 0.6 is 0 Å². The number of nitrogens with zero attached hydrogens (tertiary/aromatic N) is 1. The average molecular weight is 285 g/mol. The highest BCUT2D eigenvalue weighted by atomic mass is 16.5. The standard InChI is InChI=1S/C17H35NO2/c1-5-7-8-9-10-11-12-13-14-16(18(3)4)15-20-17(19)6-2/h16H,5-15H2,1-4H3. The van der Waals surface area contributed by atoms with Gasteiger partial charge in [-0.2, -0.15) is 0 Å². The van der Waals surface area contributed by atoms with E-state index >= 15 is 0 Å². The second kappa shape index (κ2) is 13.4. The minimum atomic E-state index is -0.0900. The first kappa shape index (κ1) is 19.4. The predicted molar refractivity (Wildman–Crippen MR) is 86.0 cm³/mol. The quantitative estimate of drug-likeness (QED) is 0.371. The van der Waals surface area contributed by atoms with Gasteiger partial charge in [-0.05, 0) is 20.5 Å². The summed E-state index contributed by atoms with van der Waals surface area (Å²) in [6.07, 6.45) is 12.3. The van der Waals surface area contributed by atoms with Gasteiger partial charge in [0.2, 0.25) is 0 Å². The van der Waals surface area contributed by atoms with Crippen LogP contribution < -0.4 is 0 Å². The Hall–Kier alpha value is -0.570. The second-order valence-electron chi connectivity index (χ2n) is 5.92. The van der Waals surface area contributed by atoms with E-state index in [0.29, 0.717) is 19.1 Å². The number of carbonyl (C=O) groups is 1. The van der Waals surface area contributed by atoms with Gasteiger partial charge in [0.15, 0.2) is 0 Å². The molecule has 0 aromatic rings. The van der Waals surface area contributed by atoms with Crippen LogP contribution in [0, 0.1) is 0 Å². The van der Waals surface area contributed by atoms with Crippen LogP contribution in [0.3, 0.4) is 0 Å². The van der Waals surface area contributed by atoms with E-state index in [0.717, 1.165) is 6.42 Å². The van der Waals surface area contributed by atoms with E-state index in [1.807, 2.05) is 6.92 Å². The molecule has 0 aliphatic rings. The van der Waals surface area contributed by atoms with Gasteiger partial charge in [0.25, 0.3) is 0 Å². The number of ether oxygens (including phenoxy) is 1. The van der Waals surface area contributed by atoms with Gasteiger partial charge < -0.3 is 9.64 Å². The molecule has 0 bridgehead atoms. The smallest absolute Gasteiger partial charge is 0.305 e. The first-order valence-corrected chi connectivity index (χ1v) is 8.43. The van der Waals surface area contributed by atoms with E-state index in [1.54, 1.807) is 0 Å². The van der Waals surface area contributed by atoms with Crippen LogP contribution in [-0.4, -0.2) is 37.6 Å². The fourth-order valence-corrected chi connectivity index (χ4v) is 2.30. The Morgan fingerprint density at radius 2 is 1.50 bits per heavy atom. The molecule has 0 aliphatic heterocycles. The van der Waals surface area contributed by atoms with Crippen LogP contribution in [0.4, 0.5) is 0 Å². The Balaban J connectivity index is 3.58. The summed E-state index contributed by atoms with van der Waals surface area (Å²) in [7, 11) is 4.13. The lowest BCUT2D eigenvalue weighted by molar-refractivity contribution is -0.144. The maximum absolute atomic E-state index is 11.2. The highest BCUT2D eigenvalue weighted by Crippen LogP contribution is 2.12. The molecule has 0 N–H and O–H groups in total. The molecule has 1 unspecified atom stereocenters. The Bertz CT molecular complexity index is 229. The number of hydrogen-bond donors (Lipinski definition) is 0. The molecule has 0 amide bonds. The summed E-state index contributed by atoms with van der Waals surface area (Å²) in [6.45, 7) is 4.63. The summed E-state index contributed by atoms with van der Waals surface area (Å²) in [5.41, 5.74) is 0. The third-order valence-corrected chi connectivity index (χ3v) is 3.85. The van der Waals surface area contributed by atoms with Crippen molar-refractivity contribution in [1.29, 1.82) is 0 Å². The molecule has 0 saturated carbocycles. The van der Waals surface area contributed by atoms with E-state index < -0.39 is 0 Å². The van der Waals surface area contributed by atoms with E-state index in [4.69, 9.17) is 4.74 Å². The van der Waals surface area contributed by atoms with Gasteiger partial charge in [-0.25, -0.2) is 0 Å². The largest absolute Gasteiger partial charge is 0.464 e. The van der Waals surface area contributed by atoms with Crippen molar-refractivity contribution in [2.24, 2.45) is 0 Å². The molecular formula is C17H35NO2. The van der Waals surface area contributed by atoms with E-state index in [1.165, 1.54) is 51.4 Å². The summed E-state index contributed by atoms with van der Waals surface area (Å²) in [5.74, 6) is -0.0900. The lowest BCUT2D eigenvalue weighted by Gasteiger charge is -2.23. The zero-order valence-electron chi connectivity index (χ0n) is 14.1. The van der Waals surface area contributed by atoms with Crippen molar-refractivity contribution in [2.45, 2.75) is 84.1 Å². The summed E-state index contributed by atoms with van der Waals surface area (Å²) in [6, 6.07) is 0.366. The van der Waals surface area contributed by atoms with Crippen LogP contribution in [0.2, 0.25) is 0 Å². The van der Waals surface area contributed by atoms with Crippen molar-refractivity contribution >= 4 is 5.97 Å². The van der Waals surface area contributed by atoms with Gasteiger partial charge in [-0.3, -0.25) is 4.79 Å². The maximum atomic E-state index is 11.2. The van der Waals surface area contributed by atoms with Gasteiger partial charge in [-0.1, -0.05) is 65.2 Å². The molecule has 3 nitrogen and oxygen atoms in total. The lowest BCUT2D eigenvalue weighted by Crippen LogP contribution is -2.33. The third kappa shape index (κ3) is 11.3. The highest BCUT2D eigenvalue weighted by molar-refractivity contribution is 5.68. The van der Waals surface area contributed by atoms with E-state index in [2.05, 4.69) is 25.9 Å². The van der Waals surface area contributed by atoms with Crippen molar-refractivity contribution in [2.75, 3.05) is 20.7 Å². The van der Waals surface area contributed by atoms with Crippen LogP contribution in [-0.2, 0) is 9.53 Å². The van der Waals surface area contributed by atoms with Crippen LogP contribution in [0.5, 0.6) is 0 Å². The van der Waals surface area contributed by atoms with Crippen molar-refractivity contribution in [3.63, 3.8) is 0 Å². The Labute approximate surface area is 126 Å². The van der Waals surface area contributed by atoms with Crippen LogP contribution in [0.25, 0.3) is 0 Å².